The highest BCUT2D eigenvalue weighted by Crippen LogP contribution is 2.38. The predicted molar refractivity (Wildman–Crippen MR) is 328 cm³/mol. The lowest BCUT2D eigenvalue weighted by Crippen LogP contribution is -2.61. The lowest BCUT2D eigenvalue weighted by Gasteiger charge is -2.42. The Balaban J connectivity index is 1.04. The molecule has 15 atom stereocenters. The normalized spacial score (nSPS) is 33.9. The molecule has 3 saturated heterocycles. The molecule has 2 bridgehead atoms. The number of hydrogen-bond acceptors (Lipinski definition) is 21. The molecule has 0 aromatic carbocycles. The third-order valence-electron chi connectivity index (χ3n) is 18.2. The molecule has 2 aromatic rings. The number of hydrogen-bond donors (Lipinski definition) is 4. The van der Waals surface area contributed by atoms with E-state index in [-0.39, 0.29) is 62.2 Å². The molecule has 4 fully saturated rings. The number of aryl methyl sites for hydroxylation is 1. The highest BCUT2D eigenvalue weighted by atomic mass is 16.6. The maximum atomic E-state index is 14.7. The minimum absolute atomic E-state index is 0.0175. The second-order valence-electron chi connectivity index (χ2n) is 24.9. The smallest absolute Gasteiger partial charge is 0.407 e. The van der Waals surface area contributed by atoms with Crippen LogP contribution in [0.5, 0.6) is 0 Å². The molecule has 6 heterocycles. The Morgan fingerprint density at radius 1 is 0.784 bits per heavy atom. The number of anilines is 2. The monoisotopic (exact) mass is 1230 g/mol. The molecule has 23 nitrogen and oxygen atoms in total. The number of nitrogens with one attached hydrogen (secondary N) is 1. The molecular weight excluding hydrogens is 1130 g/mol. The van der Waals surface area contributed by atoms with E-state index in [0.717, 1.165) is 16.0 Å². The first kappa shape index (κ1) is 69.1. The second-order valence-corrected chi connectivity index (χ2v) is 24.9. The number of carbonyl (C=O) groups is 6. The molecule has 88 heavy (non-hydrogen) atoms. The summed E-state index contributed by atoms with van der Waals surface area (Å²) in [6.45, 7) is 15.5. The first-order valence-corrected chi connectivity index (χ1v) is 31.3. The number of ether oxygens (including phenoxy) is 6. The van der Waals surface area contributed by atoms with Crippen molar-refractivity contribution in [2.24, 2.45) is 35.3 Å². The second kappa shape index (κ2) is 32.4. The van der Waals surface area contributed by atoms with Gasteiger partial charge in [0.1, 0.15) is 36.2 Å². The first-order valence-electron chi connectivity index (χ1n) is 31.3. The number of Topliss-reactive ketones (excluding diaryl/α,β-unsaturated/α-hetero) is 3. The summed E-state index contributed by atoms with van der Waals surface area (Å²) in [6.07, 6.45) is 15.4. The molecule has 7 rings (SSSR count). The highest BCUT2D eigenvalue weighted by molar-refractivity contribution is 6.39. The van der Waals surface area contributed by atoms with Crippen LogP contribution in [0.3, 0.4) is 0 Å². The van der Waals surface area contributed by atoms with Crippen LogP contribution in [0, 0.1) is 36.5 Å². The van der Waals surface area contributed by atoms with Crippen LogP contribution in [0.4, 0.5) is 16.7 Å². The standard InChI is InChI=1S/C65H95N9O14/c1-39-16-12-11-13-17-41(3)53(83-8)32-48-21-19-45(7)65(82,88-48)59(78)60(79)74-23-15-14-18-50(74)61(80)86-54(33-51(75)42(4)29-44(6)57(77)58(85-10)56(76)43(5)28-39)49(66)30-46-20-22-52(55(31-46)84-9)87-64(81)71-38-47-36-69-63(70-37-47)73-26-24-72(25-27-73)62-67-34-40(2)35-68-62/h11-13,16-17,29,34-37,39,42-43,45-46,48-50,52-55,57-58,77,82H,14-15,18-28,30-33,38,66H2,1-10H3,(H,71,81)/b13-11+,16-12+,41-17+,44-29+/t39-,42-,43-,45-,46+,48+,49-,50+,52-,53+,54+,55-,57-,58+,65-/m1/s1. The van der Waals surface area contributed by atoms with Crippen LogP contribution in [0.1, 0.15) is 130 Å². The average Bonchev–Trinajstić information content (AvgIpc) is 3.70. The van der Waals surface area contributed by atoms with E-state index in [9.17, 15) is 39.0 Å². The van der Waals surface area contributed by atoms with Gasteiger partial charge >= 0.3 is 12.1 Å². The molecule has 5 aliphatic rings. The Hall–Kier alpha value is -6.34. The van der Waals surface area contributed by atoms with Crippen molar-refractivity contribution < 1.29 is 67.4 Å². The molecule has 1 aliphatic carbocycles. The summed E-state index contributed by atoms with van der Waals surface area (Å²) in [7, 11) is 4.46. The van der Waals surface area contributed by atoms with Gasteiger partial charge in [0, 0.05) is 128 Å². The Bertz CT molecular complexity index is 2810. The van der Waals surface area contributed by atoms with Gasteiger partial charge in [0.2, 0.25) is 17.7 Å². The van der Waals surface area contributed by atoms with Crippen LogP contribution in [0.15, 0.2) is 72.4 Å². The fourth-order valence-corrected chi connectivity index (χ4v) is 12.6. The van der Waals surface area contributed by atoms with Gasteiger partial charge in [-0.25, -0.2) is 29.5 Å². The quantitative estimate of drug-likeness (QED) is 0.114. The van der Waals surface area contributed by atoms with Crippen LogP contribution in [-0.4, -0.2) is 185 Å². The zero-order chi connectivity index (χ0) is 63.8. The molecular formula is C65H95N9O14. The average molecular weight is 1230 g/mol. The summed E-state index contributed by atoms with van der Waals surface area (Å²) in [6, 6.07) is -2.18. The number of nitrogens with two attached hydrogens (primary N) is 1. The topological polar surface area (TPSA) is 298 Å². The number of aliphatic hydroxyl groups excluding tert-OH is 1. The van der Waals surface area contributed by atoms with Crippen LogP contribution in [-0.2, 0) is 58.9 Å². The zero-order valence-corrected chi connectivity index (χ0v) is 53.1. The van der Waals surface area contributed by atoms with Crippen molar-refractivity contribution in [2.45, 2.75) is 193 Å². The van der Waals surface area contributed by atoms with Gasteiger partial charge in [-0.2, -0.15) is 0 Å². The largest absolute Gasteiger partial charge is 0.459 e. The SMILES string of the molecule is CO[C@H]1C[C@@H]2CC[C@@H](C)[C@@](O)(O2)C(=O)C(=O)N2CCCC[C@H]2C(=O)O[C@H]([C@H](N)C[C@@H]2CC[C@@H](OC(=O)NCc3cnc(N4CCN(c5ncc(C)cn5)CC4)nc3)[C@H](OC)C2)CC(=O)[C@H](C)/C=C(\C)[C@@H](O)[C@@H](OC)C(=O)[C@H](C)C[C@H](C)/C=C/C=C/C=C/1C. The first-order chi connectivity index (χ1) is 42.0. The van der Waals surface area contributed by atoms with Gasteiger partial charge < -0.3 is 64.4 Å². The van der Waals surface area contributed by atoms with Crippen molar-refractivity contribution in [3.8, 4) is 0 Å². The molecule has 1 saturated carbocycles. The number of piperidine rings is 1. The Kier molecular flexibility index (Phi) is 25.5. The number of allylic oxidation sites excluding steroid dienone is 6. The third-order valence-corrected chi connectivity index (χ3v) is 18.2. The van der Waals surface area contributed by atoms with E-state index in [1.54, 1.807) is 65.7 Å². The third kappa shape index (κ3) is 18.2. The van der Waals surface area contributed by atoms with E-state index in [2.05, 4.69) is 35.1 Å². The van der Waals surface area contributed by atoms with Gasteiger partial charge in [-0.05, 0) is 114 Å². The Morgan fingerprint density at radius 2 is 1.45 bits per heavy atom. The molecule has 2 aromatic heterocycles. The number of aliphatic hydroxyl groups is 2. The highest BCUT2D eigenvalue weighted by Gasteiger charge is 2.53. The molecule has 0 unspecified atom stereocenters. The summed E-state index contributed by atoms with van der Waals surface area (Å²) in [5.41, 5.74) is 9.91. The van der Waals surface area contributed by atoms with Crippen molar-refractivity contribution in [1.82, 2.24) is 30.2 Å². The minimum Gasteiger partial charge on any atom is -0.459 e. The van der Waals surface area contributed by atoms with Crippen molar-refractivity contribution >= 4 is 47.2 Å². The van der Waals surface area contributed by atoms with E-state index in [1.165, 1.54) is 14.2 Å². The number of rotatable bonds is 11. The number of piperazine rings is 1. The number of alkyl carbamates (subject to hydrolysis) is 1. The number of nitrogens with zero attached hydrogens (tertiary/aromatic N) is 7. The molecule has 484 valence electrons. The van der Waals surface area contributed by atoms with Gasteiger partial charge in [-0.15, -0.1) is 0 Å². The van der Waals surface area contributed by atoms with Crippen molar-refractivity contribution in [3.05, 3.63) is 83.5 Å². The number of ketones is 3. The number of carbonyl (C=O) groups excluding carboxylic acids is 6. The van der Waals surface area contributed by atoms with Gasteiger partial charge in [0.15, 0.2) is 5.78 Å². The molecule has 2 amide bonds. The summed E-state index contributed by atoms with van der Waals surface area (Å²) in [5, 5.41) is 26.5. The molecule has 5 N–H and O–H groups in total. The predicted octanol–water partition coefficient (Wildman–Crippen LogP) is 6.02. The number of cyclic esters (lactones) is 1. The zero-order valence-electron chi connectivity index (χ0n) is 53.1. The van der Waals surface area contributed by atoms with E-state index < -0.39 is 102 Å². The van der Waals surface area contributed by atoms with Crippen molar-refractivity contribution in [2.75, 3.05) is 63.9 Å². The number of amides is 2. The van der Waals surface area contributed by atoms with Crippen LogP contribution < -0.4 is 20.9 Å². The van der Waals surface area contributed by atoms with Gasteiger partial charge in [0.05, 0.1) is 18.3 Å². The fourth-order valence-electron chi connectivity index (χ4n) is 12.6. The van der Waals surface area contributed by atoms with E-state index in [0.29, 0.717) is 101 Å². The number of fused-ring (bicyclic) bond motifs is 3. The summed E-state index contributed by atoms with van der Waals surface area (Å²) >= 11 is 0. The Morgan fingerprint density at radius 3 is 2.10 bits per heavy atom. The fraction of sp³-hybridized carbons (Fsp3) is 0.662. The minimum atomic E-state index is -2.49. The van der Waals surface area contributed by atoms with Gasteiger partial charge in [0.25, 0.3) is 11.7 Å². The lowest BCUT2D eigenvalue weighted by atomic mass is 9.80. The molecule has 0 spiro atoms. The Labute approximate surface area is 518 Å². The number of aromatic nitrogens is 4. The molecule has 0 radical (unpaired) electrons. The lowest BCUT2D eigenvalue weighted by molar-refractivity contribution is -0.265. The van der Waals surface area contributed by atoms with E-state index in [1.807, 2.05) is 51.2 Å². The van der Waals surface area contributed by atoms with Crippen LogP contribution >= 0.6 is 0 Å². The summed E-state index contributed by atoms with van der Waals surface area (Å²) < 4.78 is 35.7. The van der Waals surface area contributed by atoms with E-state index in [4.69, 9.17) is 34.2 Å². The van der Waals surface area contributed by atoms with Crippen LogP contribution in [0.25, 0.3) is 0 Å². The van der Waals surface area contributed by atoms with Gasteiger partial charge in [-0.1, -0.05) is 64.2 Å². The molecule has 4 aliphatic heterocycles. The number of esters is 1. The van der Waals surface area contributed by atoms with Crippen molar-refractivity contribution in [3.63, 3.8) is 0 Å². The van der Waals surface area contributed by atoms with Crippen molar-refractivity contribution in [1.29, 1.82) is 0 Å². The molecule has 23 heteroatoms. The maximum absolute atomic E-state index is 14.7. The summed E-state index contributed by atoms with van der Waals surface area (Å²) in [5.74, 6) is -7.28. The maximum Gasteiger partial charge on any atom is 0.407 e. The van der Waals surface area contributed by atoms with Gasteiger partial charge in [-0.3, -0.25) is 19.2 Å². The van der Waals surface area contributed by atoms with Crippen LogP contribution in [0.2, 0.25) is 0 Å². The number of methoxy groups -OCH3 is 3. The van der Waals surface area contributed by atoms with E-state index >= 15 is 0 Å². The summed E-state index contributed by atoms with van der Waals surface area (Å²) in [4.78, 5) is 108.